The minimum Gasteiger partial charge on any atom is -0.352 e. The maximum absolute atomic E-state index is 14.4. The molecule has 0 unspecified atom stereocenters. The van der Waals surface area contributed by atoms with Crippen LogP contribution in [0.1, 0.15) is 36.1 Å². The zero-order chi connectivity index (χ0) is 33.5. The van der Waals surface area contributed by atoms with E-state index in [2.05, 4.69) is 5.32 Å². The van der Waals surface area contributed by atoms with Gasteiger partial charge in [-0.15, -0.1) is 0 Å². The van der Waals surface area contributed by atoms with E-state index in [0.717, 1.165) is 28.8 Å². The first-order valence-electron chi connectivity index (χ1n) is 14.7. The molecule has 4 rings (SSSR count). The molecule has 0 aliphatic rings. The Morgan fingerprint density at radius 1 is 0.826 bits per heavy atom. The molecule has 0 saturated carbocycles. The Hall–Kier alpha value is -4.64. The number of carbonyl (C=O) groups is 2. The van der Waals surface area contributed by atoms with Crippen LogP contribution < -0.4 is 9.62 Å². The van der Waals surface area contributed by atoms with Crippen molar-refractivity contribution in [3.8, 4) is 0 Å². The highest BCUT2D eigenvalue weighted by Gasteiger charge is 2.36. The Bertz CT molecular complexity index is 1750. The van der Waals surface area contributed by atoms with Gasteiger partial charge in [-0.3, -0.25) is 13.9 Å². The summed E-state index contributed by atoms with van der Waals surface area (Å²) in [7, 11) is -4.53. The zero-order valence-corrected chi connectivity index (χ0v) is 26.6. The van der Waals surface area contributed by atoms with Crippen molar-refractivity contribution in [2.24, 2.45) is 0 Å². The third-order valence-electron chi connectivity index (χ3n) is 7.38. The lowest BCUT2D eigenvalue weighted by Crippen LogP contribution is -2.54. The molecule has 1 atom stereocenters. The highest BCUT2D eigenvalue weighted by Crippen LogP contribution is 2.33. The van der Waals surface area contributed by atoms with Crippen LogP contribution in [0.25, 0.3) is 0 Å². The second-order valence-electron chi connectivity index (χ2n) is 11.2. The van der Waals surface area contributed by atoms with Gasteiger partial charge in [-0.05, 0) is 67.8 Å². The first kappa shape index (κ1) is 34.2. The molecule has 0 spiro atoms. The number of alkyl halides is 3. The van der Waals surface area contributed by atoms with E-state index in [9.17, 15) is 31.2 Å². The van der Waals surface area contributed by atoms with Gasteiger partial charge in [0, 0.05) is 19.0 Å². The first-order chi connectivity index (χ1) is 21.8. The Kier molecular flexibility index (Phi) is 10.9. The topological polar surface area (TPSA) is 86.8 Å². The van der Waals surface area contributed by atoms with Gasteiger partial charge in [0.25, 0.3) is 10.0 Å². The van der Waals surface area contributed by atoms with Crippen molar-refractivity contribution in [2.75, 3.05) is 10.8 Å². The number of hydrogen-bond acceptors (Lipinski definition) is 4. The van der Waals surface area contributed by atoms with Crippen molar-refractivity contribution in [1.82, 2.24) is 10.2 Å². The Morgan fingerprint density at radius 3 is 2.04 bits per heavy atom. The van der Waals surface area contributed by atoms with E-state index in [4.69, 9.17) is 0 Å². The maximum Gasteiger partial charge on any atom is 0.416 e. The molecule has 46 heavy (non-hydrogen) atoms. The van der Waals surface area contributed by atoms with Crippen LogP contribution in [-0.4, -0.2) is 43.8 Å². The van der Waals surface area contributed by atoms with Gasteiger partial charge in [-0.2, -0.15) is 13.2 Å². The number of rotatable bonds is 12. The highest BCUT2D eigenvalue weighted by atomic mass is 32.2. The molecular weight excluding hydrogens is 615 g/mol. The normalized spacial score (nSPS) is 12.4. The minimum atomic E-state index is -4.76. The number of sulfonamides is 1. The fourth-order valence-corrected chi connectivity index (χ4v) is 6.42. The van der Waals surface area contributed by atoms with Crippen LogP contribution in [0.4, 0.5) is 18.9 Å². The van der Waals surface area contributed by atoms with E-state index in [-0.39, 0.29) is 29.6 Å². The summed E-state index contributed by atoms with van der Waals surface area (Å²) in [5.74, 6) is -1.21. The quantitative estimate of drug-likeness (QED) is 0.193. The highest BCUT2D eigenvalue weighted by molar-refractivity contribution is 7.92. The third-order valence-corrected chi connectivity index (χ3v) is 9.16. The number of nitrogens with one attached hydrogen (secondary N) is 1. The fourth-order valence-electron chi connectivity index (χ4n) is 4.99. The monoisotopic (exact) mass is 651 g/mol. The molecule has 4 aromatic carbocycles. The van der Waals surface area contributed by atoms with Crippen molar-refractivity contribution in [2.45, 2.75) is 56.9 Å². The first-order valence-corrected chi connectivity index (χ1v) is 16.1. The van der Waals surface area contributed by atoms with Crippen molar-refractivity contribution in [3.05, 3.63) is 131 Å². The summed E-state index contributed by atoms with van der Waals surface area (Å²) in [5, 5.41) is 2.87. The van der Waals surface area contributed by atoms with Gasteiger partial charge in [-0.1, -0.05) is 78.9 Å². The van der Waals surface area contributed by atoms with E-state index < -0.39 is 46.2 Å². The molecule has 0 aliphatic heterocycles. The zero-order valence-electron chi connectivity index (χ0n) is 25.7. The van der Waals surface area contributed by atoms with Crippen molar-refractivity contribution in [3.63, 3.8) is 0 Å². The molecule has 0 aromatic heterocycles. The number of aryl methyl sites for hydroxylation is 1. The molecule has 0 radical (unpaired) electrons. The van der Waals surface area contributed by atoms with Crippen LogP contribution in [0.15, 0.2) is 114 Å². The molecule has 11 heteroatoms. The maximum atomic E-state index is 14.4. The van der Waals surface area contributed by atoms with Crippen LogP contribution in [-0.2, 0) is 38.8 Å². The average molecular weight is 652 g/mol. The van der Waals surface area contributed by atoms with Gasteiger partial charge in [0.1, 0.15) is 12.6 Å². The average Bonchev–Trinajstić information content (AvgIpc) is 3.02. The number of amides is 2. The molecular formula is C35H36F3N3O4S. The van der Waals surface area contributed by atoms with Crippen LogP contribution in [0, 0.1) is 6.92 Å². The standard InChI is InChI=1S/C35H36F3N3O4S/c1-25(2)39-34(43)32(21-27-14-6-4-7-15-27)40(23-28-16-11-10-13-26(28)3)33(42)24-41(46(44,45)31-19-8-5-9-20-31)30-18-12-17-29(22-30)35(36,37)38/h4-20,22,25,32H,21,23-24H2,1-3H3,(H,39,43)/t32-/m1/s1. The lowest BCUT2D eigenvalue weighted by Gasteiger charge is -2.34. The summed E-state index contributed by atoms with van der Waals surface area (Å²) in [6, 6.07) is 26.0. The minimum absolute atomic E-state index is 0.0453. The van der Waals surface area contributed by atoms with Crippen molar-refractivity contribution in [1.29, 1.82) is 0 Å². The van der Waals surface area contributed by atoms with E-state index in [1.165, 1.54) is 35.2 Å². The SMILES string of the molecule is Cc1ccccc1CN(C(=O)CN(c1cccc(C(F)(F)F)c1)S(=O)(=O)c1ccccc1)[C@H](Cc1ccccc1)C(=O)NC(C)C. The number of nitrogens with zero attached hydrogens (tertiary/aromatic N) is 2. The number of anilines is 1. The molecule has 242 valence electrons. The lowest BCUT2D eigenvalue weighted by atomic mass is 10.0. The molecule has 0 aliphatic carbocycles. The predicted molar refractivity (Wildman–Crippen MR) is 171 cm³/mol. The molecule has 0 bridgehead atoms. The molecule has 0 saturated heterocycles. The summed E-state index contributed by atoms with van der Waals surface area (Å²) < 4.78 is 69.9. The predicted octanol–water partition coefficient (Wildman–Crippen LogP) is 6.37. The molecule has 2 amide bonds. The summed E-state index contributed by atoms with van der Waals surface area (Å²) in [6.45, 7) is 4.52. The van der Waals surface area contributed by atoms with Crippen LogP contribution in [0.3, 0.4) is 0 Å². The van der Waals surface area contributed by atoms with E-state index in [1.807, 2.05) is 49.4 Å². The summed E-state index contributed by atoms with van der Waals surface area (Å²) in [4.78, 5) is 29.3. The molecule has 1 N–H and O–H groups in total. The van der Waals surface area contributed by atoms with E-state index in [0.29, 0.717) is 10.4 Å². The molecule has 4 aromatic rings. The Balaban J connectivity index is 1.85. The molecule has 7 nitrogen and oxygen atoms in total. The van der Waals surface area contributed by atoms with E-state index >= 15 is 0 Å². The summed E-state index contributed by atoms with van der Waals surface area (Å²) in [6.07, 6.45) is -4.64. The van der Waals surface area contributed by atoms with Gasteiger partial charge >= 0.3 is 6.18 Å². The van der Waals surface area contributed by atoms with Crippen LogP contribution in [0.5, 0.6) is 0 Å². The van der Waals surface area contributed by atoms with Crippen LogP contribution >= 0.6 is 0 Å². The van der Waals surface area contributed by atoms with Gasteiger partial charge in [0.15, 0.2) is 0 Å². The molecule has 0 fully saturated rings. The Labute approximate surface area is 267 Å². The van der Waals surface area contributed by atoms with Crippen molar-refractivity contribution >= 4 is 27.5 Å². The van der Waals surface area contributed by atoms with Crippen molar-refractivity contribution < 1.29 is 31.2 Å². The van der Waals surface area contributed by atoms with Gasteiger partial charge in [-0.25, -0.2) is 8.42 Å². The van der Waals surface area contributed by atoms with Gasteiger partial charge < -0.3 is 10.2 Å². The third kappa shape index (κ3) is 8.54. The second-order valence-corrected chi connectivity index (χ2v) is 13.1. The number of halogens is 3. The van der Waals surface area contributed by atoms with Gasteiger partial charge in [0.05, 0.1) is 16.1 Å². The van der Waals surface area contributed by atoms with Crippen LogP contribution in [0.2, 0.25) is 0 Å². The summed E-state index contributed by atoms with van der Waals surface area (Å²) in [5.41, 5.74) is 0.924. The smallest absolute Gasteiger partial charge is 0.352 e. The Morgan fingerprint density at radius 2 is 1.43 bits per heavy atom. The summed E-state index contributed by atoms with van der Waals surface area (Å²) >= 11 is 0. The molecule has 0 heterocycles. The fraction of sp³-hybridized carbons (Fsp3) is 0.257. The number of benzene rings is 4. The lowest BCUT2D eigenvalue weighted by molar-refractivity contribution is -0.140. The number of carbonyl (C=O) groups excluding carboxylic acids is 2. The largest absolute Gasteiger partial charge is 0.416 e. The van der Waals surface area contributed by atoms with E-state index in [1.54, 1.807) is 32.0 Å². The number of hydrogen-bond donors (Lipinski definition) is 1. The second kappa shape index (κ2) is 14.6. The van der Waals surface area contributed by atoms with Gasteiger partial charge in [0.2, 0.25) is 11.8 Å².